The zero-order chi connectivity index (χ0) is 20.0. The van der Waals surface area contributed by atoms with Crippen molar-refractivity contribution in [2.75, 3.05) is 42.0 Å². The summed E-state index contributed by atoms with van der Waals surface area (Å²) in [6, 6.07) is 9.42. The molecule has 0 aliphatic carbocycles. The van der Waals surface area contributed by atoms with E-state index in [1.807, 2.05) is 25.1 Å². The molecule has 2 aromatic carbocycles. The smallest absolute Gasteiger partial charge is 0.255 e. The van der Waals surface area contributed by atoms with Crippen LogP contribution < -0.4 is 19.5 Å². The second-order valence-corrected chi connectivity index (χ2v) is 6.13. The van der Waals surface area contributed by atoms with Gasteiger partial charge in [0, 0.05) is 6.54 Å². The molecule has 2 rings (SSSR count). The van der Waals surface area contributed by atoms with Crippen LogP contribution in [0.2, 0.25) is 0 Å². The molecule has 1 amide bonds. The first kappa shape index (κ1) is 20.5. The highest BCUT2D eigenvalue weighted by Crippen LogP contribution is 2.39. The highest BCUT2D eigenvalue weighted by Gasteiger charge is 2.22. The third kappa shape index (κ3) is 4.68. The highest BCUT2D eigenvalue weighted by atomic mass is 19.1. The molecule has 27 heavy (non-hydrogen) atoms. The third-order valence-electron chi connectivity index (χ3n) is 4.26. The molecule has 0 saturated heterocycles. The lowest BCUT2D eigenvalue weighted by molar-refractivity contribution is 0.0938. The molecule has 146 valence electrons. The van der Waals surface area contributed by atoms with E-state index < -0.39 is 0 Å². The average molecular weight is 376 g/mol. The van der Waals surface area contributed by atoms with Crippen LogP contribution in [0.25, 0.3) is 0 Å². The summed E-state index contributed by atoms with van der Waals surface area (Å²) >= 11 is 0. The van der Waals surface area contributed by atoms with Gasteiger partial charge in [0.2, 0.25) is 5.75 Å². The summed E-state index contributed by atoms with van der Waals surface area (Å²) in [6.45, 7) is 0.298. The zero-order valence-electron chi connectivity index (χ0n) is 16.2. The maximum absolute atomic E-state index is 13.6. The SMILES string of the molecule is COc1ccc(C(=O)NCC(c2cccc(F)c2)N(C)C)c(OC)c1OC. The first-order valence-electron chi connectivity index (χ1n) is 8.42. The Morgan fingerprint density at radius 3 is 2.33 bits per heavy atom. The van der Waals surface area contributed by atoms with Crippen LogP contribution in [0.5, 0.6) is 17.2 Å². The van der Waals surface area contributed by atoms with Crippen molar-refractivity contribution < 1.29 is 23.4 Å². The molecule has 0 aromatic heterocycles. The monoisotopic (exact) mass is 376 g/mol. The zero-order valence-corrected chi connectivity index (χ0v) is 16.2. The summed E-state index contributed by atoms with van der Waals surface area (Å²) in [5, 5.41) is 2.88. The van der Waals surface area contributed by atoms with Crippen LogP contribution in [0.15, 0.2) is 36.4 Å². The summed E-state index contributed by atoms with van der Waals surface area (Å²) < 4.78 is 29.5. The van der Waals surface area contributed by atoms with Gasteiger partial charge in [-0.25, -0.2) is 4.39 Å². The summed E-state index contributed by atoms with van der Waals surface area (Å²) in [7, 11) is 8.20. The molecule has 7 heteroatoms. The van der Waals surface area contributed by atoms with Crippen LogP contribution >= 0.6 is 0 Å². The van der Waals surface area contributed by atoms with Gasteiger partial charge in [0.25, 0.3) is 5.91 Å². The summed E-state index contributed by atoms with van der Waals surface area (Å²) in [4.78, 5) is 14.7. The van der Waals surface area contributed by atoms with Gasteiger partial charge in [-0.15, -0.1) is 0 Å². The molecule has 6 nitrogen and oxygen atoms in total. The van der Waals surface area contributed by atoms with E-state index >= 15 is 0 Å². The summed E-state index contributed by atoms with van der Waals surface area (Å²) in [6.07, 6.45) is 0. The lowest BCUT2D eigenvalue weighted by Crippen LogP contribution is -2.34. The number of likely N-dealkylation sites (N-methyl/N-ethyl adjacent to an activating group) is 1. The summed E-state index contributed by atoms with van der Waals surface area (Å²) in [5.41, 5.74) is 1.10. The van der Waals surface area contributed by atoms with Gasteiger partial charge in [0.15, 0.2) is 11.5 Å². The van der Waals surface area contributed by atoms with Gasteiger partial charge in [-0.2, -0.15) is 0 Å². The number of ether oxygens (including phenoxy) is 3. The summed E-state index contributed by atoms with van der Waals surface area (Å²) in [5.74, 6) is 0.476. The number of nitrogens with one attached hydrogen (secondary N) is 1. The van der Waals surface area contributed by atoms with Crippen molar-refractivity contribution in [2.45, 2.75) is 6.04 Å². The van der Waals surface area contributed by atoms with Crippen molar-refractivity contribution in [1.82, 2.24) is 10.2 Å². The average Bonchev–Trinajstić information content (AvgIpc) is 2.66. The largest absolute Gasteiger partial charge is 0.493 e. The Morgan fingerprint density at radius 2 is 1.78 bits per heavy atom. The molecule has 2 aromatic rings. The Bertz CT molecular complexity index is 796. The minimum absolute atomic E-state index is 0.184. The van der Waals surface area contributed by atoms with Gasteiger partial charge >= 0.3 is 0 Å². The number of halogens is 1. The van der Waals surface area contributed by atoms with E-state index in [1.165, 1.54) is 33.5 Å². The maximum atomic E-state index is 13.6. The quantitative estimate of drug-likeness (QED) is 0.768. The molecule has 1 N–H and O–H groups in total. The first-order valence-corrected chi connectivity index (χ1v) is 8.42. The van der Waals surface area contributed by atoms with E-state index in [9.17, 15) is 9.18 Å². The van der Waals surface area contributed by atoms with Gasteiger partial charge in [0.1, 0.15) is 5.82 Å². The predicted molar refractivity (Wildman–Crippen MR) is 101 cm³/mol. The number of carbonyl (C=O) groups is 1. The molecule has 0 saturated carbocycles. The number of carbonyl (C=O) groups excluding carboxylic acids is 1. The predicted octanol–water partition coefficient (Wildman–Crippen LogP) is 2.88. The topological polar surface area (TPSA) is 60.0 Å². The fraction of sp³-hybridized carbons (Fsp3) is 0.350. The molecule has 0 aliphatic rings. The lowest BCUT2D eigenvalue weighted by Gasteiger charge is -2.25. The fourth-order valence-electron chi connectivity index (χ4n) is 2.88. The number of methoxy groups -OCH3 is 3. The van der Waals surface area contributed by atoms with E-state index in [0.717, 1.165) is 5.56 Å². The molecule has 1 unspecified atom stereocenters. The molecule has 0 spiro atoms. The normalized spacial score (nSPS) is 11.8. The maximum Gasteiger partial charge on any atom is 0.255 e. The molecule has 0 aliphatic heterocycles. The Morgan fingerprint density at radius 1 is 1.07 bits per heavy atom. The standard InChI is InChI=1S/C20H25FN2O4/c1-23(2)16(13-7-6-8-14(21)11-13)12-22-20(24)15-9-10-17(25-3)19(27-5)18(15)26-4/h6-11,16H,12H2,1-5H3,(H,22,24). The Hall–Kier alpha value is -2.80. The number of benzene rings is 2. The van der Waals surface area contributed by atoms with Gasteiger partial charge in [-0.3, -0.25) is 4.79 Å². The fourth-order valence-corrected chi connectivity index (χ4v) is 2.88. The number of amides is 1. The number of hydrogen-bond acceptors (Lipinski definition) is 5. The van der Waals surface area contributed by atoms with Crippen LogP contribution in [0, 0.1) is 5.82 Å². The van der Waals surface area contributed by atoms with Crippen molar-refractivity contribution >= 4 is 5.91 Å². The van der Waals surface area contributed by atoms with Crippen molar-refractivity contribution in [1.29, 1.82) is 0 Å². The first-order chi connectivity index (χ1) is 12.9. The van der Waals surface area contributed by atoms with E-state index in [1.54, 1.807) is 18.2 Å². The molecule has 1 atom stereocenters. The molecular weight excluding hydrogens is 351 g/mol. The number of rotatable bonds is 8. The second-order valence-electron chi connectivity index (χ2n) is 6.13. The third-order valence-corrected chi connectivity index (χ3v) is 4.26. The van der Waals surface area contributed by atoms with Crippen molar-refractivity contribution in [2.24, 2.45) is 0 Å². The van der Waals surface area contributed by atoms with Gasteiger partial charge in [-0.05, 0) is 43.9 Å². The van der Waals surface area contributed by atoms with Crippen LogP contribution in [-0.2, 0) is 0 Å². The molecule has 0 radical (unpaired) electrons. The van der Waals surface area contributed by atoms with Gasteiger partial charge in [0.05, 0.1) is 32.9 Å². The number of hydrogen-bond donors (Lipinski definition) is 1. The van der Waals surface area contributed by atoms with Crippen LogP contribution in [0.4, 0.5) is 4.39 Å². The minimum Gasteiger partial charge on any atom is -0.493 e. The molecule has 0 heterocycles. The van der Waals surface area contributed by atoms with E-state index in [2.05, 4.69) is 5.32 Å². The van der Waals surface area contributed by atoms with Crippen LogP contribution in [0.3, 0.4) is 0 Å². The van der Waals surface area contributed by atoms with E-state index in [-0.39, 0.29) is 17.8 Å². The molecule has 0 fully saturated rings. The number of nitrogens with zero attached hydrogens (tertiary/aromatic N) is 1. The van der Waals surface area contributed by atoms with Gasteiger partial charge in [-0.1, -0.05) is 12.1 Å². The lowest BCUT2D eigenvalue weighted by atomic mass is 10.1. The van der Waals surface area contributed by atoms with E-state index in [0.29, 0.717) is 29.4 Å². The molecular formula is C20H25FN2O4. The van der Waals surface area contributed by atoms with Gasteiger partial charge < -0.3 is 24.4 Å². The highest BCUT2D eigenvalue weighted by molar-refractivity contribution is 5.98. The second kappa shape index (κ2) is 9.23. The van der Waals surface area contributed by atoms with Crippen molar-refractivity contribution in [3.8, 4) is 17.2 Å². The Labute approximate surface area is 158 Å². The van der Waals surface area contributed by atoms with Crippen LogP contribution in [0.1, 0.15) is 22.0 Å². The Balaban J connectivity index is 2.23. The molecule has 0 bridgehead atoms. The van der Waals surface area contributed by atoms with Crippen LogP contribution in [-0.4, -0.2) is 52.8 Å². The minimum atomic E-state index is -0.323. The Kier molecular flexibility index (Phi) is 7.01. The van der Waals surface area contributed by atoms with Crippen molar-refractivity contribution in [3.05, 3.63) is 53.3 Å². The van der Waals surface area contributed by atoms with E-state index in [4.69, 9.17) is 14.2 Å². The van der Waals surface area contributed by atoms with Crippen molar-refractivity contribution in [3.63, 3.8) is 0 Å².